The summed E-state index contributed by atoms with van der Waals surface area (Å²) >= 11 is 0. The third-order valence-corrected chi connectivity index (χ3v) is 4.18. The number of hydrogen-bond donors (Lipinski definition) is 1. The Balaban J connectivity index is 1.70. The third-order valence-electron chi connectivity index (χ3n) is 4.18. The first-order valence-corrected chi connectivity index (χ1v) is 7.76. The van der Waals surface area contributed by atoms with Crippen LogP contribution >= 0.6 is 0 Å². The Morgan fingerprint density at radius 3 is 2.14 bits per heavy atom. The van der Waals surface area contributed by atoms with Crippen LogP contribution in [0.4, 0.5) is 0 Å². The zero-order valence-corrected chi connectivity index (χ0v) is 12.7. The molecule has 2 aliphatic heterocycles. The van der Waals surface area contributed by atoms with Gasteiger partial charge in [0.15, 0.2) is 5.75 Å². The lowest BCUT2D eigenvalue weighted by Gasteiger charge is -2.27. The van der Waals surface area contributed by atoms with Gasteiger partial charge in [0.05, 0.1) is 33.0 Å². The molecule has 0 radical (unpaired) electrons. The Bertz CT molecular complexity index is 459. The minimum absolute atomic E-state index is 0.0622. The average Bonchev–Trinajstić information content (AvgIpc) is 2.54. The second kappa shape index (κ2) is 7.23. The van der Waals surface area contributed by atoms with Crippen molar-refractivity contribution < 1.29 is 19.3 Å². The number of morpholine rings is 2. The Morgan fingerprint density at radius 2 is 1.55 bits per heavy atom. The summed E-state index contributed by atoms with van der Waals surface area (Å²) in [6, 6.07) is 1.83. The summed E-state index contributed by atoms with van der Waals surface area (Å²) in [5.41, 5.74) is 1.47. The minimum atomic E-state index is 0.0622. The molecule has 1 aromatic rings. The van der Waals surface area contributed by atoms with Gasteiger partial charge in [0.25, 0.3) is 0 Å². The summed E-state index contributed by atoms with van der Waals surface area (Å²) in [5.74, 6) is 0.0622. The molecule has 0 saturated carbocycles. The van der Waals surface area contributed by atoms with E-state index in [9.17, 15) is 10.3 Å². The molecule has 122 valence electrons. The van der Waals surface area contributed by atoms with Crippen LogP contribution in [0.5, 0.6) is 5.75 Å². The highest BCUT2D eigenvalue weighted by Crippen LogP contribution is 2.19. The molecule has 2 saturated heterocycles. The van der Waals surface area contributed by atoms with Crippen LogP contribution in [0.2, 0.25) is 0 Å². The fourth-order valence-electron chi connectivity index (χ4n) is 2.85. The Hall–Kier alpha value is -1.41. The highest BCUT2D eigenvalue weighted by molar-refractivity contribution is 5.28. The van der Waals surface area contributed by atoms with E-state index >= 15 is 0 Å². The van der Waals surface area contributed by atoms with E-state index in [-0.39, 0.29) is 5.75 Å². The van der Waals surface area contributed by atoms with Crippen LogP contribution in [-0.4, -0.2) is 67.5 Å². The van der Waals surface area contributed by atoms with Crippen molar-refractivity contribution in [2.75, 3.05) is 52.6 Å². The van der Waals surface area contributed by atoms with Crippen molar-refractivity contribution in [1.29, 1.82) is 0 Å². The number of aromatic nitrogens is 1. The lowest BCUT2D eigenvalue weighted by Crippen LogP contribution is -2.41. The Morgan fingerprint density at radius 1 is 1.00 bits per heavy atom. The summed E-state index contributed by atoms with van der Waals surface area (Å²) in [6.07, 6.45) is 1.27. The molecular formula is C15H23N3O4. The summed E-state index contributed by atoms with van der Waals surface area (Å²) < 4.78 is 11.4. The first kappa shape index (κ1) is 15.5. The number of ether oxygens (including phenoxy) is 2. The number of rotatable bonds is 4. The lowest BCUT2D eigenvalue weighted by atomic mass is 10.1. The molecule has 0 bridgehead atoms. The van der Waals surface area contributed by atoms with Gasteiger partial charge in [0, 0.05) is 44.4 Å². The van der Waals surface area contributed by atoms with Gasteiger partial charge in [-0.05, 0) is 0 Å². The van der Waals surface area contributed by atoms with E-state index in [2.05, 4.69) is 9.80 Å². The van der Waals surface area contributed by atoms with Crippen molar-refractivity contribution in [2.24, 2.45) is 0 Å². The summed E-state index contributed by atoms with van der Waals surface area (Å²) in [7, 11) is 0. The summed E-state index contributed by atoms with van der Waals surface area (Å²) in [6.45, 7) is 7.45. The smallest absolute Gasteiger partial charge is 0.222 e. The first-order chi connectivity index (χ1) is 10.7. The normalized spacial score (nSPS) is 21.1. The molecule has 2 aliphatic rings. The van der Waals surface area contributed by atoms with Crippen LogP contribution in [0.1, 0.15) is 11.3 Å². The van der Waals surface area contributed by atoms with Crippen molar-refractivity contribution in [2.45, 2.75) is 13.1 Å². The van der Waals surface area contributed by atoms with Crippen molar-refractivity contribution in [3.63, 3.8) is 0 Å². The molecule has 0 amide bonds. The predicted octanol–water partition coefficient (Wildman–Crippen LogP) is -0.310. The van der Waals surface area contributed by atoms with Gasteiger partial charge < -0.3 is 19.8 Å². The maximum Gasteiger partial charge on any atom is 0.222 e. The van der Waals surface area contributed by atoms with E-state index in [1.54, 1.807) is 0 Å². The van der Waals surface area contributed by atoms with Crippen molar-refractivity contribution >= 4 is 0 Å². The second-order valence-electron chi connectivity index (χ2n) is 5.78. The van der Waals surface area contributed by atoms with Crippen LogP contribution in [0, 0.1) is 5.21 Å². The van der Waals surface area contributed by atoms with Gasteiger partial charge in [0.1, 0.15) is 0 Å². The van der Waals surface area contributed by atoms with Crippen LogP contribution < -0.4 is 4.73 Å². The third kappa shape index (κ3) is 3.86. The molecule has 0 aliphatic carbocycles. The van der Waals surface area contributed by atoms with E-state index in [1.165, 1.54) is 6.20 Å². The van der Waals surface area contributed by atoms with Gasteiger partial charge in [0.2, 0.25) is 11.9 Å². The molecular weight excluding hydrogens is 286 g/mol. The second-order valence-corrected chi connectivity index (χ2v) is 5.78. The zero-order valence-electron chi connectivity index (χ0n) is 12.7. The lowest BCUT2D eigenvalue weighted by molar-refractivity contribution is -0.615. The van der Waals surface area contributed by atoms with E-state index in [0.29, 0.717) is 32.0 Å². The fraction of sp³-hybridized carbons (Fsp3) is 0.667. The van der Waals surface area contributed by atoms with Gasteiger partial charge >= 0.3 is 0 Å². The van der Waals surface area contributed by atoms with Gasteiger partial charge in [-0.3, -0.25) is 9.80 Å². The monoisotopic (exact) mass is 309 g/mol. The molecule has 0 spiro atoms. The molecule has 0 unspecified atom stereocenters. The molecule has 0 aromatic carbocycles. The molecule has 0 atom stereocenters. The van der Waals surface area contributed by atoms with Crippen LogP contribution in [-0.2, 0) is 22.6 Å². The molecule has 2 fully saturated rings. The molecule has 7 nitrogen and oxygen atoms in total. The Kier molecular flexibility index (Phi) is 5.09. The predicted molar refractivity (Wildman–Crippen MR) is 79.3 cm³/mol. The molecule has 7 heteroatoms. The minimum Gasteiger partial charge on any atom is -0.618 e. The van der Waals surface area contributed by atoms with Crippen LogP contribution in [0.15, 0.2) is 12.3 Å². The molecule has 1 aromatic heterocycles. The van der Waals surface area contributed by atoms with E-state index < -0.39 is 0 Å². The molecule has 3 rings (SSSR count). The number of hydrogen-bond acceptors (Lipinski definition) is 6. The summed E-state index contributed by atoms with van der Waals surface area (Å²) in [5, 5.41) is 22.1. The highest BCUT2D eigenvalue weighted by atomic mass is 16.5. The van der Waals surface area contributed by atoms with Crippen molar-refractivity contribution in [3.8, 4) is 5.75 Å². The summed E-state index contributed by atoms with van der Waals surface area (Å²) in [4.78, 5) is 4.43. The van der Waals surface area contributed by atoms with E-state index in [1.807, 2.05) is 6.07 Å². The molecule has 22 heavy (non-hydrogen) atoms. The van der Waals surface area contributed by atoms with Gasteiger partial charge in [-0.25, -0.2) is 0 Å². The van der Waals surface area contributed by atoms with E-state index in [4.69, 9.17) is 9.47 Å². The highest BCUT2D eigenvalue weighted by Gasteiger charge is 2.20. The standard InChI is InChI=1S/C15H23N3O4/c19-15-12-18(20)14(11-17-3-7-22-8-4-17)9-13(15)10-16-1-5-21-6-2-16/h9,12,19H,1-8,10-11H2. The number of pyridine rings is 1. The fourth-order valence-corrected chi connectivity index (χ4v) is 2.85. The van der Waals surface area contributed by atoms with Crippen molar-refractivity contribution in [1.82, 2.24) is 9.80 Å². The Labute approximate surface area is 130 Å². The largest absolute Gasteiger partial charge is 0.618 e. The van der Waals surface area contributed by atoms with Gasteiger partial charge in [-0.1, -0.05) is 0 Å². The van der Waals surface area contributed by atoms with Crippen molar-refractivity contribution in [3.05, 3.63) is 28.7 Å². The van der Waals surface area contributed by atoms with Gasteiger partial charge in [-0.2, -0.15) is 4.73 Å². The van der Waals surface area contributed by atoms with Gasteiger partial charge in [-0.15, -0.1) is 0 Å². The number of nitrogens with zero attached hydrogens (tertiary/aromatic N) is 3. The quantitative estimate of drug-likeness (QED) is 0.608. The number of aromatic hydroxyl groups is 1. The maximum absolute atomic E-state index is 12.0. The zero-order chi connectivity index (χ0) is 15.4. The molecule has 3 heterocycles. The maximum atomic E-state index is 12.0. The molecule has 1 N–H and O–H groups in total. The topological polar surface area (TPSA) is 72.1 Å². The van der Waals surface area contributed by atoms with Crippen LogP contribution in [0.3, 0.4) is 0 Å². The van der Waals surface area contributed by atoms with Crippen LogP contribution in [0.25, 0.3) is 0 Å². The first-order valence-electron chi connectivity index (χ1n) is 7.76. The average molecular weight is 309 g/mol. The SMILES string of the molecule is [O-][n+]1cc(O)c(CN2CCOCC2)cc1CN1CCOCC1. The van der Waals surface area contributed by atoms with E-state index in [0.717, 1.165) is 49.7 Å².